The summed E-state index contributed by atoms with van der Waals surface area (Å²) in [5.41, 5.74) is 1.30. The van der Waals surface area contributed by atoms with E-state index in [1.807, 2.05) is 18.7 Å². The fraction of sp³-hybridized carbons (Fsp3) is 0.714. The highest BCUT2D eigenvalue weighted by Crippen LogP contribution is 2.26. The van der Waals surface area contributed by atoms with Gasteiger partial charge in [0, 0.05) is 43.6 Å². The Morgan fingerprint density at radius 2 is 2.11 bits per heavy atom. The molecule has 28 heavy (non-hydrogen) atoms. The quantitative estimate of drug-likeness (QED) is 0.672. The lowest BCUT2D eigenvalue weighted by molar-refractivity contribution is -0.138. The average molecular weight is 408 g/mol. The summed E-state index contributed by atoms with van der Waals surface area (Å²) >= 11 is 1.79. The summed E-state index contributed by atoms with van der Waals surface area (Å²) in [7, 11) is 0. The molecule has 3 rings (SSSR count). The van der Waals surface area contributed by atoms with Gasteiger partial charge in [0.05, 0.1) is 6.04 Å². The smallest absolute Gasteiger partial charge is 0.239 e. The number of nitrogens with zero attached hydrogens (tertiary/aromatic N) is 2. The maximum atomic E-state index is 13.0. The van der Waals surface area contributed by atoms with Gasteiger partial charge >= 0.3 is 0 Å². The van der Waals surface area contributed by atoms with E-state index in [0.717, 1.165) is 58.5 Å². The van der Waals surface area contributed by atoms with E-state index < -0.39 is 0 Å². The number of hydrogen-bond donors (Lipinski definition) is 1. The molecule has 0 aliphatic carbocycles. The molecule has 1 aromatic heterocycles. The van der Waals surface area contributed by atoms with E-state index >= 15 is 0 Å². The van der Waals surface area contributed by atoms with Crippen molar-refractivity contribution in [2.45, 2.75) is 52.1 Å². The van der Waals surface area contributed by atoms with Crippen LogP contribution >= 0.6 is 11.3 Å². The van der Waals surface area contributed by atoms with Crippen LogP contribution in [0.1, 0.15) is 43.6 Å². The molecule has 0 bridgehead atoms. The first-order valence-corrected chi connectivity index (χ1v) is 11.4. The summed E-state index contributed by atoms with van der Waals surface area (Å²) in [6, 6.07) is 2.03. The van der Waals surface area contributed by atoms with Crippen molar-refractivity contribution >= 4 is 23.2 Å². The highest BCUT2D eigenvalue weighted by molar-refractivity contribution is 7.10. The predicted octanol–water partition coefficient (Wildman–Crippen LogP) is 2.28. The number of rotatable bonds is 8. The van der Waals surface area contributed by atoms with Crippen molar-refractivity contribution in [1.29, 1.82) is 0 Å². The van der Waals surface area contributed by atoms with Gasteiger partial charge in [0.25, 0.3) is 0 Å². The van der Waals surface area contributed by atoms with E-state index in [2.05, 4.69) is 21.7 Å². The van der Waals surface area contributed by atoms with Gasteiger partial charge in [-0.15, -0.1) is 11.3 Å². The van der Waals surface area contributed by atoms with Gasteiger partial charge in [-0.2, -0.15) is 0 Å². The van der Waals surface area contributed by atoms with Gasteiger partial charge < -0.3 is 15.0 Å². The van der Waals surface area contributed by atoms with E-state index in [-0.39, 0.29) is 23.8 Å². The summed E-state index contributed by atoms with van der Waals surface area (Å²) in [6.07, 6.45) is 3.47. The SMILES string of the molecule is CCOCCCNC(=O)C1CCN(C(C)C(=O)N2CCc3sccc3C2)CC1. The Kier molecular flexibility index (Phi) is 7.88. The third kappa shape index (κ3) is 5.33. The van der Waals surface area contributed by atoms with Gasteiger partial charge in [0.15, 0.2) is 0 Å². The van der Waals surface area contributed by atoms with E-state index in [9.17, 15) is 9.59 Å². The fourth-order valence-electron chi connectivity index (χ4n) is 4.08. The minimum atomic E-state index is -0.115. The maximum absolute atomic E-state index is 13.0. The van der Waals surface area contributed by atoms with Crippen LogP contribution in [0.2, 0.25) is 0 Å². The zero-order valence-electron chi connectivity index (χ0n) is 17.1. The second-order valence-electron chi connectivity index (χ2n) is 7.71. The van der Waals surface area contributed by atoms with E-state index in [1.165, 1.54) is 10.4 Å². The standard InChI is InChI=1S/C21H33N3O3S/c1-3-27-13-4-9-22-20(25)17-5-10-23(11-6-17)16(2)21(26)24-12-7-19-18(15-24)8-14-28-19/h8,14,16-17H,3-7,9-13,15H2,1-2H3,(H,22,25). The van der Waals surface area contributed by atoms with E-state index in [1.54, 1.807) is 11.3 Å². The van der Waals surface area contributed by atoms with Gasteiger partial charge in [0.2, 0.25) is 11.8 Å². The lowest BCUT2D eigenvalue weighted by Crippen LogP contribution is -2.51. The minimum Gasteiger partial charge on any atom is -0.382 e. The molecular formula is C21H33N3O3S. The first kappa shape index (κ1) is 21.3. The molecule has 1 N–H and O–H groups in total. The first-order chi connectivity index (χ1) is 13.6. The summed E-state index contributed by atoms with van der Waals surface area (Å²) in [6.45, 7) is 9.24. The zero-order chi connectivity index (χ0) is 19.9. The van der Waals surface area contributed by atoms with Crippen molar-refractivity contribution < 1.29 is 14.3 Å². The molecule has 0 aromatic carbocycles. The lowest BCUT2D eigenvalue weighted by atomic mass is 9.94. The molecule has 1 atom stereocenters. The van der Waals surface area contributed by atoms with Crippen LogP contribution < -0.4 is 5.32 Å². The lowest BCUT2D eigenvalue weighted by Gasteiger charge is -2.38. The molecule has 1 saturated heterocycles. The number of thiophene rings is 1. The van der Waals surface area contributed by atoms with E-state index in [4.69, 9.17) is 4.74 Å². The molecule has 3 heterocycles. The van der Waals surface area contributed by atoms with Crippen LogP contribution in [0.15, 0.2) is 11.4 Å². The third-order valence-corrected chi connectivity index (χ3v) is 6.92. The molecule has 2 amide bonds. The molecule has 6 nitrogen and oxygen atoms in total. The minimum absolute atomic E-state index is 0.0639. The van der Waals surface area contributed by atoms with Crippen LogP contribution in [0, 0.1) is 5.92 Å². The number of fused-ring (bicyclic) bond motifs is 1. The molecule has 1 aromatic rings. The predicted molar refractivity (Wildman–Crippen MR) is 111 cm³/mol. The van der Waals surface area contributed by atoms with Crippen molar-refractivity contribution in [3.8, 4) is 0 Å². The summed E-state index contributed by atoms with van der Waals surface area (Å²) in [5.74, 6) is 0.431. The van der Waals surface area contributed by atoms with Crippen LogP contribution in [0.25, 0.3) is 0 Å². The van der Waals surface area contributed by atoms with Crippen molar-refractivity contribution in [2.75, 3.05) is 39.4 Å². The number of piperidine rings is 1. The summed E-state index contributed by atoms with van der Waals surface area (Å²) in [5, 5.41) is 5.14. The largest absolute Gasteiger partial charge is 0.382 e. The van der Waals surface area contributed by atoms with Crippen LogP contribution in [0.4, 0.5) is 0 Å². The van der Waals surface area contributed by atoms with Gasteiger partial charge in [-0.3, -0.25) is 14.5 Å². The van der Waals surface area contributed by atoms with Crippen LogP contribution in [0.3, 0.4) is 0 Å². The number of likely N-dealkylation sites (tertiary alicyclic amines) is 1. The molecular weight excluding hydrogens is 374 g/mol. The van der Waals surface area contributed by atoms with Crippen molar-refractivity contribution in [1.82, 2.24) is 15.1 Å². The van der Waals surface area contributed by atoms with E-state index in [0.29, 0.717) is 13.2 Å². The molecule has 2 aliphatic rings. The fourth-order valence-corrected chi connectivity index (χ4v) is 4.97. The average Bonchev–Trinajstić information content (AvgIpc) is 3.20. The van der Waals surface area contributed by atoms with Gasteiger partial charge in [-0.1, -0.05) is 0 Å². The Hall–Kier alpha value is -1.44. The Morgan fingerprint density at radius 3 is 2.86 bits per heavy atom. The van der Waals surface area contributed by atoms with Crippen LogP contribution in [-0.2, 0) is 27.3 Å². The molecule has 156 valence electrons. The maximum Gasteiger partial charge on any atom is 0.239 e. The van der Waals surface area contributed by atoms with Crippen LogP contribution in [0.5, 0.6) is 0 Å². The Morgan fingerprint density at radius 1 is 1.32 bits per heavy atom. The third-order valence-electron chi connectivity index (χ3n) is 5.89. The Bertz CT molecular complexity index is 655. The van der Waals surface area contributed by atoms with Crippen LogP contribution in [-0.4, -0.2) is 67.0 Å². The van der Waals surface area contributed by atoms with Gasteiger partial charge in [-0.05, 0) is 69.6 Å². The number of carbonyl (C=O) groups excluding carboxylic acids is 2. The van der Waals surface area contributed by atoms with Crippen molar-refractivity contribution in [3.63, 3.8) is 0 Å². The summed E-state index contributed by atoms with van der Waals surface area (Å²) < 4.78 is 5.30. The zero-order valence-corrected chi connectivity index (χ0v) is 17.9. The second-order valence-corrected chi connectivity index (χ2v) is 8.71. The van der Waals surface area contributed by atoms with Crippen molar-refractivity contribution in [3.05, 3.63) is 21.9 Å². The topological polar surface area (TPSA) is 61.9 Å². The second kappa shape index (κ2) is 10.4. The number of nitrogens with one attached hydrogen (secondary N) is 1. The van der Waals surface area contributed by atoms with Crippen molar-refractivity contribution in [2.24, 2.45) is 5.92 Å². The summed E-state index contributed by atoms with van der Waals surface area (Å²) in [4.78, 5) is 31.0. The number of amides is 2. The Labute approximate surface area is 172 Å². The highest BCUT2D eigenvalue weighted by Gasteiger charge is 2.32. The van der Waals surface area contributed by atoms with Gasteiger partial charge in [-0.25, -0.2) is 0 Å². The number of carbonyl (C=O) groups is 2. The Balaban J connectivity index is 1.40. The molecule has 0 saturated carbocycles. The van der Waals surface area contributed by atoms with Gasteiger partial charge in [0.1, 0.15) is 0 Å². The highest BCUT2D eigenvalue weighted by atomic mass is 32.1. The number of hydrogen-bond acceptors (Lipinski definition) is 5. The molecule has 2 aliphatic heterocycles. The number of ether oxygens (including phenoxy) is 1. The molecule has 0 radical (unpaired) electrons. The molecule has 1 unspecified atom stereocenters. The molecule has 7 heteroatoms. The monoisotopic (exact) mass is 407 g/mol. The first-order valence-electron chi connectivity index (χ1n) is 10.5. The molecule has 0 spiro atoms. The molecule has 1 fully saturated rings. The normalized spacial score (nSPS) is 19.3.